The zero-order chi connectivity index (χ0) is 19.2. The van der Waals surface area contributed by atoms with Gasteiger partial charge in [0.2, 0.25) is 0 Å². The van der Waals surface area contributed by atoms with E-state index in [1.165, 1.54) is 6.20 Å². The average molecular weight is 370 g/mol. The van der Waals surface area contributed by atoms with Crippen molar-refractivity contribution in [3.05, 3.63) is 24.0 Å². The van der Waals surface area contributed by atoms with Gasteiger partial charge in [0.25, 0.3) is 11.8 Å². The van der Waals surface area contributed by atoms with E-state index in [1.807, 2.05) is 13.8 Å². The van der Waals surface area contributed by atoms with Gasteiger partial charge in [-0.1, -0.05) is 19.3 Å². The van der Waals surface area contributed by atoms with Gasteiger partial charge in [0.15, 0.2) is 5.65 Å². The topological polar surface area (TPSA) is 109 Å². The van der Waals surface area contributed by atoms with Crippen LogP contribution in [-0.2, 0) is 4.79 Å². The maximum absolute atomic E-state index is 12.7. The summed E-state index contributed by atoms with van der Waals surface area (Å²) in [5, 5.41) is 8.56. The summed E-state index contributed by atoms with van der Waals surface area (Å²) in [6.07, 6.45) is 7.09. The third kappa shape index (κ3) is 2.83. The predicted molar refractivity (Wildman–Crippen MR) is 96.6 cm³/mol. The molecule has 2 N–H and O–H groups in total. The Morgan fingerprint density at radius 3 is 2.67 bits per heavy atom. The van der Waals surface area contributed by atoms with Gasteiger partial charge in [-0.05, 0) is 32.8 Å². The fraction of sp³-hybridized carbons (Fsp3) is 0.500. The van der Waals surface area contributed by atoms with Crippen molar-refractivity contribution >= 4 is 28.9 Å². The first-order valence-electron chi connectivity index (χ1n) is 9.22. The van der Waals surface area contributed by atoms with Gasteiger partial charge in [-0.25, -0.2) is 14.5 Å². The summed E-state index contributed by atoms with van der Waals surface area (Å²) in [6.45, 7) is 3.99. The van der Waals surface area contributed by atoms with E-state index in [2.05, 4.69) is 20.8 Å². The van der Waals surface area contributed by atoms with Gasteiger partial charge >= 0.3 is 6.03 Å². The molecule has 1 aliphatic heterocycles. The standard InChI is InChI=1S/C18H22N6O3/c1-11(2)23-14-12(10-20-23)8-13(9-19-14)15(25)22-24-16(26)18(21-17(24)27)6-4-3-5-7-18/h8-11H,3-7H2,1-2H3,(H,21,27)(H,22,25). The number of pyridine rings is 1. The molecule has 0 bridgehead atoms. The molecular weight excluding hydrogens is 348 g/mol. The lowest BCUT2D eigenvalue weighted by atomic mass is 9.82. The minimum Gasteiger partial charge on any atom is -0.322 e. The summed E-state index contributed by atoms with van der Waals surface area (Å²) < 4.78 is 1.77. The lowest BCUT2D eigenvalue weighted by molar-refractivity contribution is -0.134. The molecule has 2 aromatic heterocycles. The summed E-state index contributed by atoms with van der Waals surface area (Å²) in [7, 11) is 0. The molecule has 1 saturated heterocycles. The van der Waals surface area contributed by atoms with Crippen LogP contribution in [0, 0.1) is 0 Å². The van der Waals surface area contributed by atoms with Gasteiger partial charge in [-0.15, -0.1) is 0 Å². The van der Waals surface area contributed by atoms with Crippen molar-refractivity contribution in [3.63, 3.8) is 0 Å². The summed E-state index contributed by atoms with van der Waals surface area (Å²) in [5.41, 5.74) is 2.49. The molecule has 1 saturated carbocycles. The van der Waals surface area contributed by atoms with Gasteiger partial charge in [0.1, 0.15) is 5.54 Å². The zero-order valence-electron chi connectivity index (χ0n) is 15.4. The maximum atomic E-state index is 12.7. The summed E-state index contributed by atoms with van der Waals surface area (Å²) in [6, 6.07) is 1.21. The first-order valence-corrected chi connectivity index (χ1v) is 9.22. The Morgan fingerprint density at radius 1 is 1.22 bits per heavy atom. The van der Waals surface area contributed by atoms with Crippen molar-refractivity contribution in [1.82, 2.24) is 30.5 Å². The fourth-order valence-corrected chi connectivity index (χ4v) is 3.82. The second-order valence-corrected chi connectivity index (χ2v) is 7.47. The molecule has 0 radical (unpaired) electrons. The monoisotopic (exact) mass is 370 g/mol. The van der Waals surface area contributed by atoms with Crippen LogP contribution in [0.1, 0.15) is 62.4 Å². The Morgan fingerprint density at radius 2 is 1.96 bits per heavy atom. The maximum Gasteiger partial charge on any atom is 0.344 e. The summed E-state index contributed by atoms with van der Waals surface area (Å²) in [5.74, 6) is -0.944. The molecule has 9 heteroatoms. The second-order valence-electron chi connectivity index (χ2n) is 7.47. The quantitative estimate of drug-likeness (QED) is 0.802. The first kappa shape index (κ1) is 17.4. The Bertz CT molecular complexity index is 928. The predicted octanol–water partition coefficient (Wildman–Crippen LogP) is 1.91. The highest BCUT2D eigenvalue weighted by Crippen LogP contribution is 2.33. The summed E-state index contributed by atoms with van der Waals surface area (Å²) in [4.78, 5) is 41.9. The minimum absolute atomic E-state index is 0.146. The average Bonchev–Trinajstić information content (AvgIpc) is 3.17. The number of carbonyl (C=O) groups excluding carboxylic acids is 3. The van der Waals surface area contributed by atoms with Crippen LogP contribution in [0.5, 0.6) is 0 Å². The Labute approximate surface area is 156 Å². The van der Waals surface area contributed by atoms with E-state index in [-0.39, 0.29) is 17.5 Å². The van der Waals surface area contributed by atoms with Crippen LogP contribution in [0.2, 0.25) is 0 Å². The number of fused-ring (bicyclic) bond motifs is 1. The van der Waals surface area contributed by atoms with E-state index in [0.29, 0.717) is 18.5 Å². The lowest BCUT2D eigenvalue weighted by Gasteiger charge is -2.30. The number of imide groups is 1. The molecule has 0 unspecified atom stereocenters. The molecule has 142 valence electrons. The molecule has 1 spiro atoms. The third-order valence-corrected chi connectivity index (χ3v) is 5.27. The van der Waals surface area contributed by atoms with Crippen LogP contribution in [0.25, 0.3) is 11.0 Å². The molecule has 4 amide bonds. The molecule has 3 heterocycles. The van der Waals surface area contributed by atoms with Crippen molar-refractivity contribution < 1.29 is 14.4 Å². The van der Waals surface area contributed by atoms with Crippen molar-refractivity contribution in [1.29, 1.82) is 0 Å². The van der Waals surface area contributed by atoms with E-state index >= 15 is 0 Å². The number of nitrogens with one attached hydrogen (secondary N) is 2. The number of amides is 4. The molecular formula is C18H22N6O3. The highest BCUT2D eigenvalue weighted by Gasteiger charge is 2.52. The number of aromatic nitrogens is 3. The first-order chi connectivity index (χ1) is 12.9. The van der Waals surface area contributed by atoms with Crippen molar-refractivity contribution in [3.8, 4) is 0 Å². The van der Waals surface area contributed by atoms with Gasteiger partial charge in [0, 0.05) is 17.6 Å². The van der Waals surface area contributed by atoms with E-state index < -0.39 is 17.5 Å². The molecule has 0 atom stereocenters. The van der Waals surface area contributed by atoms with Gasteiger partial charge in [-0.2, -0.15) is 10.1 Å². The van der Waals surface area contributed by atoms with Gasteiger partial charge in [-0.3, -0.25) is 15.0 Å². The van der Waals surface area contributed by atoms with E-state index in [4.69, 9.17) is 0 Å². The highest BCUT2D eigenvalue weighted by atomic mass is 16.2. The van der Waals surface area contributed by atoms with Gasteiger partial charge in [0.05, 0.1) is 11.8 Å². The van der Waals surface area contributed by atoms with Crippen molar-refractivity contribution in [2.45, 2.75) is 57.5 Å². The second kappa shape index (κ2) is 6.33. The van der Waals surface area contributed by atoms with Gasteiger partial charge < -0.3 is 5.32 Å². The van der Waals surface area contributed by atoms with Crippen molar-refractivity contribution in [2.75, 3.05) is 0 Å². The molecule has 1 aliphatic carbocycles. The number of hydrazine groups is 1. The van der Waals surface area contributed by atoms with Crippen LogP contribution in [0.4, 0.5) is 4.79 Å². The van der Waals surface area contributed by atoms with Crippen LogP contribution < -0.4 is 10.7 Å². The Balaban J connectivity index is 1.54. The van der Waals surface area contributed by atoms with E-state index in [9.17, 15) is 14.4 Å². The number of urea groups is 1. The number of carbonyl (C=O) groups is 3. The molecule has 4 rings (SSSR count). The highest BCUT2D eigenvalue weighted by molar-refractivity contribution is 6.09. The Hall–Kier alpha value is -2.97. The molecule has 2 fully saturated rings. The lowest BCUT2D eigenvalue weighted by Crippen LogP contribution is -2.50. The number of hydrogen-bond donors (Lipinski definition) is 2. The van der Waals surface area contributed by atoms with Crippen molar-refractivity contribution in [2.24, 2.45) is 0 Å². The normalized spacial score (nSPS) is 19.1. The zero-order valence-corrected chi connectivity index (χ0v) is 15.4. The molecule has 2 aromatic rings. The Kier molecular flexibility index (Phi) is 4.09. The number of hydrogen-bond acceptors (Lipinski definition) is 5. The van der Waals surface area contributed by atoms with Crippen LogP contribution in [0.3, 0.4) is 0 Å². The molecule has 0 aromatic carbocycles. The smallest absolute Gasteiger partial charge is 0.322 e. The van der Waals surface area contributed by atoms with E-state index in [0.717, 1.165) is 29.7 Å². The SMILES string of the molecule is CC(C)n1ncc2cc(C(=O)NN3C(=O)NC4(CCCCC4)C3=O)cnc21. The van der Waals surface area contributed by atoms with Crippen LogP contribution in [-0.4, -0.2) is 43.2 Å². The third-order valence-electron chi connectivity index (χ3n) is 5.27. The van der Waals surface area contributed by atoms with Crippen LogP contribution in [0.15, 0.2) is 18.5 Å². The molecule has 2 aliphatic rings. The molecule has 9 nitrogen and oxygen atoms in total. The largest absolute Gasteiger partial charge is 0.344 e. The molecule has 27 heavy (non-hydrogen) atoms. The van der Waals surface area contributed by atoms with E-state index in [1.54, 1.807) is 16.9 Å². The number of rotatable bonds is 3. The minimum atomic E-state index is -0.872. The fourth-order valence-electron chi connectivity index (χ4n) is 3.82. The summed E-state index contributed by atoms with van der Waals surface area (Å²) >= 11 is 0. The number of nitrogens with zero attached hydrogens (tertiary/aromatic N) is 4. The van der Waals surface area contributed by atoms with Crippen LogP contribution >= 0.6 is 0 Å².